The number of aromatic nitrogens is 3. The first-order valence-electron chi connectivity index (χ1n) is 7.95. The van der Waals surface area contributed by atoms with E-state index in [1.165, 1.54) is 0 Å². The maximum Gasteiger partial charge on any atom is 0.165 e. The summed E-state index contributed by atoms with van der Waals surface area (Å²) in [5.41, 5.74) is 2.76. The first kappa shape index (κ1) is 14.8. The fraction of sp³-hybridized carbons (Fsp3) is 0.294. The molecule has 0 saturated heterocycles. The van der Waals surface area contributed by atoms with Gasteiger partial charge in [0.1, 0.15) is 12.4 Å². The van der Waals surface area contributed by atoms with Crippen molar-refractivity contribution in [2.75, 3.05) is 38.7 Å². The molecule has 0 spiro atoms. The molecule has 1 aliphatic rings. The second kappa shape index (κ2) is 6.37. The molecule has 0 amide bonds. The normalized spacial score (nSPS) is 14.7. The number of anilines is 1. The summed E-state index contributed by atoms with van der Waals surface area (Å²) in [5.74, 6) is 2.29. The van der Waals surface area contributed by atoms with Crippen LogP contribution in [0.25, 0.3) is 16.8 Å². The molecule has 7 heteroatoms. The van der Waals surface area contributed by atoms with Gasteiger partial charge in [0.05, 0.1) is 13.3 Å². The Morgan fingerprint density at radius 3 is 3.08 bits per heavy atom. The van der Waals surface area contributed by atoms with Crippen LogP contribution in [-0.2, 0) is 0 Å². The van der Waals surface area contributed by atoms with E-state index in [1.807, 2.05) is 36.7 Å². The van der Waals surface area contributed by atoms with Gasteiger partial charge < -0.3 is 20.1 Å². The minimum Gasteiger partial charge on any atom is -0.493 e. The Hall–Kier alpha value is -2.80. The monoisotopic (exact) mass is 325 g/mol. The summed E-state index contributed by atoms with van der Waals surface area (Å²) in [6, 6.07) is 7.81. The van der Waals surface area contributed by atoms with E-state index in [2.05, 4.69) is 20.7 Å². The van der Waals surface area contributed by atoms with E-state index in [0.717, 1.165) is 53.7 Å². The van der Waals surface area contributed by atoms with Gasteiger partial charge in [-0.15, -0.1) is 0 Å². The summed E-state index contributed by atoms with van der Waals surface area (Å²) >= 11 is 0. The predicted octanol–water partition coefficient (Wildman–Crippen LogP) is 1.80. The molecule has 0 atom stereocenters. The summed E-state index contributed by atoms with van der Waals surface area (Å²) < 4.78 is 13.1. The van der Waals surface area contributed by atoms with Gasteiger partial charge in [-0.3, -0.25) is 0 Å². The van der Waals surface area contributed by atoms with Crippen molar-refractivity contribution in [3.05, 3.63) is 36.7 Å². The number of hydrogen-bond acceptors (Lipinski definition) is 6. The lowest BCUT2D eigenvalue weighted by Crippen LogP contribution is -2.27. The van der Waals surface area contributed by atoms with Crippen LogP contribution in [0, 0.1) is 0 Å². The van der Waals surface area contributed by atoms with Crippen LogP contribution in [0.5, 0.6) is 11.5 Å². The van der Waals surface area contributed by atoms with E-state index in [0.29, 0.717) is 6.61 Å². The maximum absolute atomic E-state index is 5.89. The van der Waals surface area contributed by atoms with Gasteiger partial charge >= 0.3 is 0 Å². The molecule has 0 unspecified atom stereocenters. The molecule has 24 heavy (non-hydrogen) atoms. The highest BCUT2D eigenvalue weighted by Gasteiger charge is 2.13. The Bertz CT molecular complexity index is 861. The molecule has 1 aromatic carbocycles. The van der Waals surface area contributed by atoms with E-state index >= 15 is 0 Å². The number of rotatable bonds is 1. The van der Waals surface area contributed by atoms with E-state index in [4.69, 9.17) is 9.47 Å². The molecule has 2 aromatic heterocycles. The summed E-state index contributed by atoms with van der Waals surface area (Å²) in [6.45, 7) is 2.97. The lowest BCUT2D eigenvalue weighted by molar-refractivity contribution is 0.293. The second-order valence-corrected chi connectivity index (χ2v) is 5.53. The standard InChI is InChI=1S/C17H19N5O2/c1-23-14-3-2-12-10-15(14)24-9-7-18-5-6-19-16-4-8-22-17(21-16)13(12)11-20-22/h2-4,8,10-11,18H,5-7,9H2,1H3,(H,19,21). The maximum atomic E-state index is 5.89. The molecular formula is C17H19N5O2. The lowest BCUT2D eigenvalue weighted by Gasteiger charge is -2.14. The van der Waals surface area contributed by atoms with Crippen LogP contribution < -0.4 is 20.1 Å². The van der Waals surface area contributed by atoms with Gasteiger partial charge in [0.25, 0.3) is 0 Å². The number of benzene rings is 1. The largest absolute Gasteiger partial charge is 0.493 e. The first-order valence-corrected chi connectivity index (χ1v) is 7.95. The molecule has 0 fully saturated rings. The zero-order valence-corrected chi connectivity index (χ0v) is 13.5. The second-order valence-electron chi connectivity index (χ2n) is 5.53. The fourth-order valence-electron chi connectivity index (χ4n) is 2.77. The van der Waals surface area contributed by atoms with Gasteiger partial charge in [-0.25, -0.2) is 9.50 Å². The summed E-state index contributed by atoms with van der Waals surface area (Å²) in [7, 11) is 1.65. The molecule has 0 radical (unpaired) electrons. The van der Waals surface area contributed by atoms with Gasteiger partial charge in [0.2, 0.25) is 0 Å². The molecule has 1 aliphatic heterocycles. The molecule has 7 nitrogen and oxygen atoms in total. The number of fused-ring (bicyclic) bond motifs is 4. The van der Waals surface area contributed by atoms with Crippen molar-refractivity contribution in [2.45, 2.75) is 0 Å². The van der Waals surface area contributed by atoms with Crippen LogP contribution in [0.15, 0.2) is 36.7 Å². The number of nitrogens with zero attached hydrogens (tertiary/aromatic N) is 3. The fourth-order valence-corrected chi connectivity index (χ4v) is 2.77. The van der Waals surface area contributed by atoms with Gasteiger partial charge in [0, 0.05) is 31.4 Å². The highest BCUT2D eigenvalue weighted by Crippen LogP contribution is 2.34. The summed E-state index contributed by atoms with van der Waals surface area (Å²) in [5, 5.41) is 11.0. The van der Waals surface area contributed by atoms with Crippen LogP contribution >= 0.6 is 0 Å². The molecule has 4 rings (SSSR count). The molecule has 124 valence electrons. The molecule has 0 saturated carbocycles. The number of nitrogens with one attached hydrogen (secondary N) is 2. The average Bonchev–Trinajstić information content (AvgIpc) is 3.03. The van der Waals surface area contributed by atoms with E-state index < -0.39 is 0 Å². The van der Waals surface area contributed by atoms with E-state index in [1.54, 1.807) is 11.6 Å². The van der Waals surface area contributed by atoms with Crippen LogP contribution in [-0.4, -0.2) is 47.9 Å². The smallest absolute Gasteiger partial charge is 0.165 e. The Labute approximate surface area is 139 Å². The topological polar surface area (TPSA) is 72.7 Å². The quantitative estimate of drug-likeness (QED) is 0.711. The Morgan fingerprint density at radius 1 is 1.21 bits per heavy atom. The third-order valence-electron chi connectivity index (χ3n) is 3.99. The zero-order valence-electron chi connectivity index (χ0n) is 13.5. The van der Waals surface area contributed by atoms with Crippen LogP contribution in [0.2, 0.25) is 0 Å². The average molecular weight is 325 g/mol. The van der Waals surface area contributed by atoms with Gasteiger partial charge in [-0.1, -0.05) is 6.07 Å². The summed E-state index contributed by atoms with van der Waals surface area (Å²) in [6.07, 6.45) is 3.74. The third-order valence-corrected chi connectivity index (χ3v) is 3.99. The van der Waals surface area contributed by atoms with E-state index in [-0.39, 0.29) is 0 Å². The van der Waals surface area contributed by atoms with Gasteiger partial charge in [-0.2, -0.15) is 5.10 Å². The zero-order chi connectivity index (χ0) is 16.4. The molecule has 0 aliphatic carbocycles. The molecule has 3 heterocycles. The van der Waals surface area contributed by atoms with Crippen LogP contribution in [0.3, 0.4) is 0 Å². The Morgan fingerprint density at radius 2 is 2.17 bits per heavy atom. The van der Waals surface area contributed by atoms with Crippen molar-refractivity contribution < 1.29 is 9.47 Å². The van der Waals surface area contributed by atoms with Crippen molar-refractivity contribution in [1.82, 2.24) is 19.9 Å². The van der Waals surface area contributed by atoms with Gasteiger partial charge in [0.15, 0.2) is 17.1 Å². The first-order chi connectivity index (χ1) is 11.8. The predicted molar refractivity (Wildman–Crippen MR) is 91.8 cm³/mol. The molecule has 4 bridgehead atoms. The number of methoxy groups -OCH3 is 1. The number of hydrogen-bond donors (Lipinski definition) is 2. The van der Waals surface area contributed by atoms with Crippen LogP contribution in [0.4, 0.5) is 5.82 Å². The van der Waals surface area contributed by atoms with Crippen molar-refractivity contribution in [2.24, 2.45) is 0 Å². The summed E-state index contributed by atoms with van der Waals surface area (Å²) in [4.78, 5) is 4.69. The number of ether oxygens (including phenoxy) is 2. The molecule has 2 N–H and O–H groups in total. The Balaban J connectivity index is 1.84. The van der Waals surface area contributed by atoms with Crippen molar-refractivity contribution in [3.8, 4) is 22.6 Å². The highest BCUT2D eigenvalue weighted by atomic mass is 16.5. The third kappa shape index (κ3) is 2.74. The molecular weight excluding hydrogens is 306 g/mol. The SMILES string of the molecule is COc1ccc2cc1OCCNCCNc1ccn3ncc-2c3n1. The van der Waals surface area contributed by atoms with Gasteiger partial charge in [-0.05, 0) is 23.8 Å². The van der Waals surface area contributed by atoms with Crippen molar-refractivity contribution in [3.63, 3.8) is 0 Å². The van der Waals surface area contributed by atoms with Crippen molar-refractivity contribution in [1.29, 1.82) is 0 Å². The minimum absolute atomic E-state index is 0.576. The molecule has 3 aromatic rings. The Kier molecular flexibility index (Phi) is 3.92. The minimum atomic E-state index is 0.576. The van der Waals surface area contributed by atoms with Crippen molar-refractivity contribution >= 4 is 11.5 Å². The lowest BCUT2D eigenvalue weighted by atomic mass is 10.1. The van der Waals surface area contributed by atoms with E-state index in [9.17, 15) is 0 Å². The van der Waals surface area contributed by atoms with Crippen LogP contribution in [0.1, 0.15) is 0 Å². The highest BCUT2D eigenvalue weighted by molar-refractivity contribution is 5.79.